The standard InChI is InChI=1S/C23H19N3O5/c1-15(27)30-21-10-6-17(7-11-21)23(18-8-12-22(13-9-18)31-16(2)28)25-24-19-4-3-5-20(14-19)26-29/h3-14,24H,1-2H3. The number of nitrogens with zero attached hydrogens (tertiary/aromatic N) is 2. The molecule has 0 heterocycles. The van der Waals surface area contributed by atoms with Crippen LogP contribution in [0.1, 0.15) is 25.0 Å². The van der Waals surface area contributed by atoms with Gasteiger partial charge in [0.1, 0.15) is 17.2 Å². The maximum Gasteiger partial charge on any atom is 0.308 e. The number of rotatable bonds is 7. The summed E-state index contributed by atoms with van der Waals surface area (Å²) in [4.78, 5) is 33.1. The zero-order chi connectivity index (χ0) is 22.2. The lowest BCUT2D eigenvalue weighted by molar-refractivity contribution is -0.132. The van der Waals surface area contributed by atoms with E-state index < -0.39 is 11.9 Å². The summed E-state index contributed by atoms with van der Waals surface area (Å²) in [6, 6.07) is 20.3. The normalized spacial score (nSPS) is 10.0. The summed E-state index contributed by atoms with van der Waals surface area (Å²) in [5, 5.41) is 7.42. The predicted molar refractivity (Wildman–Crippen MR) is 117 cm³/mol. The van der Waals surface area contributed by atoms with Crippen LogP contribution in [0.5, 0.6) is 11.5 Å². The first-order valence-corrected chi connectivity index (χ1v) is 9.29. The van der Waals surface area contributed by atoms with Crippen LogP contribution in [0.3, 0.4) is 0 Å². The van der Waals surface area contributed by atoms with E-state index in [-0.39, 0.29) is 5.69 Å². The van der Waals surface area contributed by atoms with Crippen molar-refractivity contribution < 1.29 is 19.1 Å². The third-order valence-corrected chi connectivity index (χ3v) is 4.03. The van der Waals surface area contributed by atoms with E-state index in [0.717, 1.165) is 11.1 Å². The van der Waals surface area contributed by atoms with Gasteiger partial charge in [0.15, 0.2) is 0 Å². The number of nitrogens with one attached hydrogen (secondary N) is 1. The van der Waals surface area contributed by atoms with E-state index in [2.05, 4.69) is 15.7 Å². The second-order valence-corrected chi connectivity index (χ2v) is 6.45. The minimum absolute atomic E-state index is 0.276. The van der Waals surface area contributed by atoms with Crippen LogP contribution >= 0.6 is 0 Å². The fourth-order valence-electron chi connectivity index (χ4n) is 2.74. The van der Waals surface area contributed by atoms with Crippen molar-refractivity contribution >= 4 is 29.0 Å². The smallest absolute Gasteiger partial charge is 0.308 e. The molecule has 0 atom stereocenters. The summed E-state index contributed by atoms with van der Waals surface area (Å²) in [6.07, 6.45) is 0. The highest BCUT2D eigenvalue weighted by Crippen LogP contribution is 2.21. The largest absolute Gasteiger partial charge is 0.427 e. The minimum Gasteiger partial charge on any atom is -0.427 e. The topological polar surface area (TPSA) is 106 Å². The second kappa shape index (κ2) is 9.93. The van der Waals surface area contributed by atoms with Gasteiger partial charge in [-0.3, -0.25) is 15.0 Å². The van der Waals surface area contributed by atoms with Gasteiger partial charge < -0.3 is 9.47 Å². The van der Waals surface area contributed by atoms with E-state index in [1.165, 1.54) is 13.8 Å². The van der Waals surface area contributed by atoms with Crippen LogP contribution in [-0.4, -0.2) is 17.7 Å². The lowest BCUT2D eigenvalue weighted by atomic mass is 10.0. The molecule has 3 aromatic carbocycles. The van der Waals surface area contributed by atoms with Gasteiger partial charge in [-0.15, -0.1) is 4.91 Å². The molecule has 3 aromatic rings. The zero-order valence-electron chi connectivity index (χ0n) is 16.9. The van der Waals surface area contributed by atoms with Gasteiger partial charge >= 0.3 is 11.9 Å². The molecule has 1 N–H and O–H groups in total. The number of hydrogen-bond donors (Lipinski definition) is 1. The molecule has 0 aliphatic rings. The molecule has 0 spiro atoms. The van der Waals surface area contributed by atoms with Crippen molar-refractivity contribution in [3.05, 3.63) is 88.8 Å². The van der Waals surface area contributed by atoms with Crippen molar-refractivity contribution in [3.8, 4) is 11.5 Å². The van der Waals surface area contributed by atoms with Crippen LogP contribution in [0.4, 0.5) is 11.4 Å². The molecule has 0 saturated carbocycles. The van der Waals surface area contributed by atoms with Crippen molar-refractivity contribution in [2.75, 3.05) is 5.43 Å². The number of ether oxygens (including phenoxy) is 2. The number of nitroso groups, excluding NO2 is 1. The number of benzene rings is 3. The molecule has 3 rings (SSSR count). The fourth-order valence-corrected chi connectivity index (χ4v) is 2.74. The van der Waals surface area contributed by atoms with Gasteiger partial charge in [0.05, 0.1) is 11.4 Å². The molecular formula is C23H19N3O5. The summed E-state index contributed by atoms with van der Waals surface area (Å²) in [7, 11) is 0. The summed E-state index contributed by atoms with van der Waals surface area (Å²) in [5.41, 5.74) is 5.86. The van der Waals surface area contributed by atoms with E-state index in [1.807, 2.05) is 0 Å². The average Bonchev–Trinajstić information content (AvgIpc) is 2.75. The summed E-state index contributed by atoms with van der Waals surface area (Å²) in [5.74, 6) is 0.0121. The molecule has 0 bridgehead atoms. The Morgan fingerprint density at radius 2 is 1.29 bits per heavy atom. The Balaban J connectivity index is 1.95. The van der Waals surface area contributed by atoms with Crippen LogP contribution in [0, 0.1) is 4.91 Å². The Morgan fingerprint density at radius 1 is 0.774 bits per heavy atom. The molecular weight excluding hydrogens is 398 g/mol. The Kier molecular flexibility index (Phi) is 6.85. The second-order valence-electron chi connectivity index (χ2n) is 6.45. The first-order valence-electron chi connectivity index (χ1n) is 9.29. The van der Waals surface area contributed by atoms with Gasteiger partial charge in [0, 0.05) is 25.0 Å². The number of anilines is 1. The Labute approximate surface area is 178 Å². The number of carbonyl (C=O) groups excluding carboxylic acids is 2. The van der Waals surface area contributed by atoms with E-state index in [1.54, 1.807) is 72.8 Å². The lowest BCUT2D eigenvalue weighted by Crippen LogP contribution is -2.08. The minimum atomic E-state index is -0.409. The SMILES string of the molecule is CC(=O)Oc1ccc(C(=NNc2cccc(N=O)c2)c2ccc(OC(C)=O)cc2)cc1. The van der Waals surface area contributed by atoms with Crippen LogP contribution < -0.4 is 14.9 Å². The Morgan fingerprint density at radius 3 is 1.74 bits per heavy atom. The molecule has 31 heavy (non-hydrogen) atoms. The highest BCUT2D eigenvalue weighted by molar-refractivity contribution is 6.13. The zero-order valence-corrected chi connectivity index (χ0v) is 16.9. The maximum atomic E-state index is 11.2. The van der Waals surface area contributed by atoms with Gasteiger partial charge in [-0.25, -0.2) is 0 Å². The monoisotopic (exact) mass is 417 g/mol. The van der Waals surface area contributed by atoms with Crippen molar-refractivity contribution in [2.24, 2.45) is 10.3 Å². The molecule has 0 fully saturated rings. The van der Waals surface area contributed by atoms with E-state index >= 15 is 0 Å². The van der Waals surface area contributed by atoms with Crippen molar-refractivity contribution in [1.29, 1.82) is 0 Å². The summed E-state index contributed by atoms with van der Waals surface area (Å²) >= 11 is 0. The van der Waals surface area contributed by atoms with Gasteiger partial charge in [0.25, 0.3) is 0 Å². The number of carbonyl (C=O) groups is 2. The third-order valence-electron chi connectivity index (χ3n) is 4.03. The average molecular weight is 417 g/mol. The number of hydrazone groups is 1. The molecule has 156 valence electrons. The fraction of sp³-hybridized carbons (Fsp3) is 0.0870. The third kappa shape index (κ3) is 6.07. The van der Waals surface area contributed by atoms with Gasteiger partial charge in [-0.1, -0.05) is 6.07 Å². The lowest BCUT2D eigenvalue weighted by Gasteiger charge is -2.10. The van der Waals surface area contributed by atoms with Crippen LogP contribution in [0.15, 0.2) is 83.1 Å². The van der Waals surface area contributed by atoms with Crippen LogP contribution in [0.25, 0.3) is 0 Å². The molecule has 0 amide bonds. The van der Waals surface area contributed by atoms with Crippen LogP contribution in [0.2, 0.25) is 0 Å². The molecule has 8 nitrogen and oxygen atoms in total. The first kappa shape index (κ1) is 21.4. The van der Waals surface area contributed by atoms with Crippen molar-refractivity contribution in [1.82, 2.24) is 0 Å². The molecule has 0 aliphatic carbocycles. The van der Waals surface area contributed by atoms with Crippen molar-refractivity contribution in [2.45, 2.75) is 13.8 Å². The van der Waals surface area contributed by atoms with Crippen LogP contribution in [-0.2, 0) is 9.59 Å². The van der Waals surface area contributed by atoms with Gasteiger partial charge in [-0.05, 0) is 71.9 Å². The number of hydrogen-bond acceptors (Lipinski definition) is 8. The van der Waals surface area contributed by atoms with E-state index in [4.69, 9.17) is 9.47 Å². The highest BCUT2D eigenvalue weighted by atomic mass is 16.5. The molecule has 0 aliphatic heterocycles. The molecule has 0 unspecified atom stereocenters. The summed E-state index contributed by atoms with van der Waals surface area (Å²) < 4.78 is 10.2. The Bertz CT molecular complexity index is 1060. The number of esters is 2. The highest BCUT2D eigenvalue weighted by Gasteiger charge is 2.10. The molecule has 8 heteroatoms. The molecule has 0 radical (unpaired) electrons. The molecule has 0 aromatic heterocycles. The maximum absolute atomic E-state index is 11.2. The van der Waals surface area contributed by atoms with Gasteiger partial charge in [0.2, 0.25) is 0 Å². The quantitative estimate of drug-likeness (QED) is 0.195. The van der Waals surface area contributed by atoms with E-state index in [9.17, 15) is 14.5 Å². The van der Waals surface area contributed by atoms with Gasteiger partial charge in [-0.2, -0.15) is 5.10 Å². The first-order chi connectivity index (χ1) is 14.9. The molecule has 0 saturated heterocycles. The summed E-state index contributed by atoms with van der Waals surface area (Å²) in [6.45, 7) is 2.66. The predicted octanol–water partition coefficient (Wildman–Crippen LogP) is 4.80. The van der Waals surface area contributed by atoms with E-state index in [0.29, 0.717) is 22.9 Å². The van der Waals surface area contributed by atoms with Crippen molar-refractivity contribution in [3.63, 3.8) is 0 Å². The Hall–Kier alpha value is -4.33.